The molecule has 0 aromatic carbocycles. The zero-order chi connectivity index (χ0) is 17.1. The number of alkyl halides is 3. The highest BCUT2D eigenvalue weighted by molar-refractivity contribution is 5.60. The lowest BCUT2D eigenvalue weighted by Gasteiger charge is -2.09. The molecule has 0 spiro atoms. The van der Waals surface area contributed by atoms with E-state index in [9.17, 15) is 18.3 Å². The second-order valence-corrected chi connectivity index (χ2v) is 6.71. The molecule has 2 saturated carbocycles. The molecule has 0 amide bonds. The van der Waals surface area contributed by atoms with Gasteiger partial charge in [-0.25, -0.2) is 0 Å². The standard InChI is InChI=1S/C17H18F3N3O/c1-2-23-15(16-12-4-11(24)5-13(12)16)6-14(22-23)9-3-10(8-21-7-9)17(18,19)20/h3,6-8,11-13,16,24H,2,4-5H2,1H3/t11?,12-,13?,16?/m1/s1. The van der Waals surface area contributed by atoms with Crippen LogP contribution < -0.4 is 0 Å². The maximum Gasteiger partial charge on any atom is 0.417 e. The summed E-state index contributed by atoms with van der Waals surface area (Å²) in [6, 6.07) is 2.98. The largest absolute Gasteiger partial charge is 0.417 e. The highest BCUT2D eigenvalue weighted by Gasteiger charge is 2.57. The van der Waals surface area contributed by atoms with Gasteiger partial charge in [-0.2, -0.15) is 18.3 Å². The summed E-state index contributed by atoms with van der Waals surface area (Å²) in [6.07, 6.45) is -0.758. The van der Waals surface area contributed by atoms with E-state index in [2.05, 4.69) is 10.1 Å². The van der Waals surface area contributed by atoms with Crippen LogP contribution in [0.4, 0.5) is 13.2 Å². The third-order valence-corrected chi connectivity index (χ3v) is 5.23. The summed E-state index contributed by atoms with van der Waals surface area (Å²) in [5, 5.41) is 14.2. The molecule has 4 rings (SSSR count). The van der Waals surface area contributed by atoms with Crippen LogP contribution in [0.3, 0.4) is 0 Å². The van der Waals surface area contributed by atoms with E-state index in [0.29, 0.717) is 35.6 Å². The Hall–Kier alpha value is -1.89. The first-order chi connectivity index (χ1) is 11.4. The minimum absolute atomic E-state index is 0.207. The maximum absolute atomic E-state index is 12.9. The quantitative estimate of drug-likeness (QED) is 0.933. The van der Waals surface area contributed by atoms with Crippen LogP contribution in [0.2, 0.25) is 0 Å². The Morgan fingerprint density at radius 2 is 1.92 bits per heavy atom. The van der Waals surface area contributed by atoms with Crippen LogP contribution in [0.5, 0.6) is 0 Å². The maximum atomic E-state index is 12.9. The molecule has 2 aliphatic carbocycles. The molecule has 2 fully saturated rings. The average molecular weight is 337 g/mol. The molecular weight excluding hydrogens is 319 g/mol. The Bertz CT molecular complexity index is 759. The molecule has 7 heteroatoms. The third-order valence-electron chi connectivity index (χ3n) is 5.23. The van der Waals surface area contributed by atoms with E-state index in [1.54, 1.807) is 0 Å². The summed E-state index contributed by atoms with van der Waals surface area (Å²) in [4.78, 5) is 3.72. The van der Waals surface area contributed by atoms with Gasteiger partial charge < -0.3 is 5.11 Å². The van der Waals surface area contributed by atoms with E-state index in [0.717, 1.165) is 30.8 Å². The molecule has 4 atom stereocenters. The fourth-order valence-electron chi connectivity index (χ4n) is 4.08. The van der Waals surface area contributed by atoms with Crippen LogP contribution in [0.15, 0.2) is 24.5 Å². The molecule has 0 radical (unpaired) electrons. The Morgan fingerprint density at radius 1 is 1.21 bits per heavy atom. The van der Waals surface area contributed by atoms with Crippen LogP contribution >= 0.6 is 0 Å². The van der Waals surface area contributed by atoms with Crippen LogP contribution in [-0.4, -0.2) is 26.0 Å². The first kappa shape index (κ1) is 15.6. The SMILES string of the molecule is CCn1nc(-c2cncc(C(F)(F)F)c2)cc1C1C2CC(O)C[C@H]21. The summed E-state index contributed by atoms with van der Waals surface area (Å²) in [6.45, 7) is 2.64. The molecule has 1 N–H and O–H groups in total. The zero-order valence-corrected chi connectivity index (χ0v) is 13.2. The molecule has 2 aromatic heterocycles. The van der Waals surface area contributed by atoms with E-state index in [-0.39, 0.29) is 6.10 Å². The molecule has 0 saturated heterocycles. The zero-order valence-electron chi connectivity index (χ0n) is 13.2. The number of aliphatic hydroxyl groups excluding tert-OH is 1. The van der Waals surface area contributed by atoms with Gasteiger partial charge in [0.2, 0.25) is 0 Å². The second kappa shape index (κ2) is 5.31. The molecule has 3 unspecified atom stereocenters. The molecule has 2 aliphatic rings. The fourth-order valence-corrected chi connectivity index (χ4v) is 4.08. The van der Waals surface area contributed by atoms with Crippen LogP contribution in [0.1, 0.15) is 36.9 Å². The van der Waals surface area contributed by atoms with Crippen molar-refractivity contribution in [3.05, 3.63) is 35.8 Å². The van der Waals surface area contributed by atoms with Gasteiger partial charge in [0.25, 0.3) is 0 Å². The summed E-state index contributed by atoms with van der Waals surface area (Å²) in [5.41, 5.74) is 1.20. The van der Waals surface area contributed by atoms with Crippen molar-refractivity contribution in [2.75, 3.05) is 0 Å². The molecule has 2 aromatic rings. The Labute approximate surface area is 137 Å². The van der Waals surface area contributed by atoms with Gasteiger partial charge in [0.05, 0.1) is 17.4 Å². The van der Waals surface area contributed by atoms with Crippen molar-refractivity contribution < 1.29 is 18.3 Å². The number of halogens is 3. The predicted octanol–water partition coefficient (Wildman–Crippen LogP) is 3.47. The number of pyridine rings is 1. The fraction of sp³-hybridized carbons (Fsp3) is 0.529. The number of hydrogen-bond acceptors (Lipinski definition) is 3. The van der Waals surface area contributed by atoms with Crippen LogP contribution in [-0.2, 0) is 12.7 Å². The minimum atomic E-state index is -4.41. The Balaban J connectivity index is 1.66. The van der Waals surface area contributed by atoms with Gasteiger partial charge in [-0.15, -0.1) is 0 Å². The van der Waals surface area contributed by atoms with Crippen molar-refractivity contribution in [2.45, 2.75) is 44.5 Å². The average Bonchev–Trinajstić information content (AvgIpc) is 2.89. The minimum Gasteiger partial charge on any atom is -0.393 e. The first-order valence-electron chi connectivity index (χ1n) is 8.17. The smallest absolute Gasteiger partial charge is 0.393 e. The van der Waals surface area contributed by atoms with Gasteiger partial charge in [-0.3, -0.25) is 9.67 Å². The molecule has 0 bridgehead atoms. The van der Waals surface area contributed by atoms with Gasteiger partial charge in [0.1, 0.15) is 0 Å². The number of fused-ring (bicyclic) bond motifs is 1. The molecule has 2 heterocycles. The lowest BCUT2D eigenvalue weighted by molar-refractivity contribution is -0.137. The first-order valence-corrected chi connectivity index (χ1v) is 8.17. The number of aliphatic hydroxyl groups is 1. The van der Waals surface area contributed by atoms with Crippen molar-refractivity contribution in [3.8, 4) is 11.3 Å². The van der Waals surface area contributed by atoms with Gasteiger partial charge in [-0.05, 0) is 43.7 Å². The summed E-state index contributed by atoms with van der Waals surface area (Å²) >= 11 is 0. The molecular formula is C17H18F3N3O. The van der Waals surface area contributed by atoms with Gasteiger partial charge in [0.15, 0.2) is 0 Å². The Morgan fingerprint density at radius 3 is 2.54 bits per heavy atom. The summed E-state index contributed by atoms with van der Waals surface area (Å²) in [5.74, 6) is 1.33. The van der Waals surface area contributed by atoms with Crippen molar-refractivity contribution >= 4 is 0 Å². The Kier molecular flexibility index (Phi) is 3.46. The van der Waals surface area contributed by atoms with Gasteiger partial charge in [0, 0.05) is 36.1 Å². The molecule has 24 heavy (non-hydrogen) atoms. The number of rotatable bonds is 3. The highest BCUT2D eigenvalue weighted by Crippen LogP contribution is 2.63. The van der Waals surface area contributed by atoms with Crippen molar-refractivity contribution in [1.29, 1.82) is 0 Å². The second-order valence-electron chi connectivity index (χ2n) is 6.71. The van der Waals surface area contributed by atoms with Gasteiger partial charge >= 0.3 is 6.18 Å². The van der Waals surface area contributed by atoms with Crippen LogP contribution in [0, 0.1) is 11.8 Å². The van der Waals surface area contributed by atoms with Crippen molar-refractivity contribution in [2.24, 2.45) is 11.8 Å². The number of aromatic nitrogens is 3. The lowest BCUT2D eigenvalue weighted by Crippen LogP contribution is -2.08. The predicted molar refractivity (Wildman–Crippen MR) is 81.1 cm³/mol. The topological polar surface area (TPSA) is 50.9 Å². The number of nitrogens with zero attached hydrogens (tertiary/aromatic N) is 3. The van der Waals surface area contributed by atoms with E-state index < -0.39 is 11.7 Å². The van der Waals surface area contributed by atoms with E-state index in [4.69, 9.17) is 0 Å². The third kappa shape index (κ3) is 2.51. The van der Waals surface area contributed by atoms with Gasteiger partial charge in [-0.1, -0.05) is 0 Å². The van der Waals surface area contributed by atoms with E-state index in [1.807, 2.05) is 17.7 Å². The normalized spacial score (nSPS) is 28.9. The highest BCUT2D eigenvalue weighted by atomic mass is 19.4. The van der Waals surface area contributed by atoms with Crippen molar-refractivity contribution in [3.63, 3.8) is 0 Å². The molecule has 0 aliphatic heterocycles. The monoisotopic (exact) mass is 337 g/mol. The number of hydrogen-bond donors (Lipinski definition) is 1. The lowest BCUT2D eigenvalue weighted by atomic mass is 10.1. The summed E-state index contributed by atoms with van der Waals surface area (Å²) < 4.78 is 40.5. The van der Waals surface area contributed by atoms with Crippen LogP contribution in [0.25, 0.3) is 11.3 Å². The van der Waals surface area contributed by atoms with E-state index in [1.165, 1.54) is 6.20 Å². The van der Waals surface area contributed by atoms with Crippen molar-refractivity contribution in [1.82, 2.24) is 14.8 Å². The number of aryl methyl sites for hydroxylation is 1. The summed E-state index contributed by atoms with van der Waals surface area (Å²) in [7, 11) is 0. The molecule has 4 nitrogen and oxygen atoms in total. The molecule has 128 valence electrons. The van der Waals surface area contributed by atoms with E-state index >= 15 is 0 Å².